The van der Waals surface area contributed by atoms with Gasteiger partial charge in [-0.1, -0.05) is 72.8 Å². The van der Waals surface area contributed by atoms with Crippen LogP contribution in [0.3, 0.4) is 0 Å². The molecule has 0 aliphatic heterocycles. The van der Waals surface area contributed by atoms with Gasteiger partial charge in [0, 0.05) is 5.56 Å². The molecule has 0 unspecified atom stereocenters. The number of benzene rings is 3. The Morgan fingerprint density at radius 3 is 2.00 bits per heavy atom. The Kier molecular flexibility index (Phi) is 5.59. The Hall–Kier alpha value is -3.64. The molecule has 0 atom stereocenters. The zero-order chi connectivity index (χ0) is 18.2. The number of nitrogens with zero attached hydrogens (tertiary/aromatic N) is 1. The second kappa shape index (κ2) is 8.46. The molecule has 0 heterocycles. The van der Waals surface area contributed by atoms with E-state index in [1.165, 1.54) is 0 Å². The smallest absolute Gasteiger partial charge is 0.200 e. The van der Waals surface area contributed by atoms with Gasteiger partial charge in [-0.25, -0.2) is 0 Å². The zero-order valence-corrected chi connectivity index (χ0v) is 14.1. The molecule has 0 aromatic heterocycles. The van der Waals surface area contributed by atoms with Gasteiger partial charge in [0.15, 0.2) is 12.4 Å². The van der Waals surface area contributed by atoms with Crippen molar-refractivity contribution in [2.75, 3.05) is 6.61 Å². The predicted molar refractivity (Wildman–Crippen MR) is 103 cm³/mol. The largest absolute Gasteiger partial charge is 0.485 e. The quantitative estimate of drug-likeness (QED) is 0.360. The average molecular weight is 339 g/mol. The maximum atomic E-state index is 12.1. The lowest BCUT2D eigenvalue weighted by Crippen LogP contribution is -2.11. The van der Waals surface area contributed by atoms with Crippen LogP contribution >= 0.6 is 0 Å². The summed E-state index contributed by atoms with van der Waals surface area (Å²) in [7, 11) is 0. The van der Waals surface area contributed by atoms with Crippen LogP contribution in [0.1, 0.15) is 21.5 Å². The highest BCUT2D eigenvalue weighted by molar-refractivity contribution is 5.97. The van der Waals surface area contributed by atoms with E-state index in [1.807, 2.05) is 66.7 Å². The normalized spacial score (nSPS) is 10.8. The summed E-state index contributed by atoms with van der Waals surface area (Å²) in [6.45, 7) is -0.00728. The van der Waals surface area contributed by atoms with Crippen molar-refractivity contribution in [2.45, 2.75) is 0 Å². The van der Waals surface area contributed by atoms with E-state index in [1.54, 1.807) is 24.3 Å². The van der Waals surface area contributed by atoms with Crippen molar-refractivity contribution in [2.24, 2.45) is 0 Å². The third kappa shape index (κ3) is 4.46. The average Bonchev–Trinajstić information content (AvgIpc) is 2.72. The molecular weight excluding hydrogens is 322 g/mol. The molecule has 0 N–H and O–H groups in total. The molecular formula is C23H17NO2. The lowest BCUT2D eigenvalue weighted by Gasteiger charge is -2.06. The molecule has 0 amide bonds. The molecule has 3 heteroatoms. The first kappa shape index (κ1) is 17.2. The number of ether oxygens (including phenoxy) is 1. The highest BCUT2D eigenvalue weighted by Gasteiger charge is 2.06. The summed E-state index contributed by atoms with van der Waals surface area (Å²) in [4.78, 5) is 12.1. The summed E-state index contributed by atoms with van der Waals surface area (Å²) in [5, 5.41) is 9.37. The molecule has 26 heavy (non-hydrogen) atoms. The maximum absolute atomic E-state index is 12.1. The fraction of sp³-hybridized carbons (Fsp3) is 0.0435. The van der Waals surface area contributed by atoms with Crippen LogP contribution in [0, 0.1) is 11.3 Å². The number of carbonyl (C=O) groups excluding carboxylic acids is 1. The summed E-state index contributed by atoms with van der Waals surface area (Å²) < 4.78 is 5.56. The van der Waals surface area contributed by atoms with Crippen LogP contribution in [0.15, 0.2) is 84.9 Å². The fourth-order valence-corrected chi connectivity index (χ4v) is 2.48. The highest BCUT2D eigenvalue weighted by Crippen LogP contribution is 2.19. The fourth-order valence-electron chi connectivity index (χ4n) is 2.48. The molecule has 0 aliphatic rings. The first-order valence-corrected chi connectivity index (χ1v) is 8.24. The van der Waals surface area contributed by atoms with Crippen molar-refractivity contribution in [3.63, 3.8) is 0 Å². The molecule has 0 saturated heterocycles. The third-order valence-electron chi connectivity index (χ3n) is 3.86. The van der Waals surface area contributed by atoms with Gasteiger partial charge in [-0.3, -0.25) is 4.79 Å². The number of allylic oxidation sites excluding steroid dienone is 1. The Morgan fingerprint density at radius 2 is 1.42 bits per heavy atom. The molecule has 0 radical (unpaired) electrons. The van der Waals surface area contributed by atoms with Crippen molar-refractivity contribution < 1.29 is 9.53 Å². The molecule has 3 aromatic rings. The maximum Gasteiger partial charge on any atom is 0.200 e. The van der Waals surface area contributed by atoms with Crippen molar-refractivity contribution in [3.8, 4) is 11.8 Å². The van der Waals surface area contributed by atoms with Gasteiger partial charge >= 0.3 is 0 Å². The van der Waals surface area contributed by atoms with Gasteiger partial charge in [0.25, 0.3) is 0 Å². The number of carbonyl (C=O) groups is 1. The van der Waals surface area contributed by atoms with Crippen molar-refractivity contribution in [3.05, 3.63) is 102 Å². The van der Waals surface area contributed by atoms with Crippen LogP contribution in [0.5, 0.6) is 5.75 Å². The van der Waals surface area contributed by atoms with Gasteiger partial charge < -0.3 is 4.74 Å². The molecule has 3 rings (SSSR count). The van der Waals surface area contributed by atoms with E-state index in [0.29, 0.717) is 16.9 Å². The van der Waals surface area contributed by atoms with E-state index in [0.717, 1.165) is 11.1 Å². The molecule has 126 valence electrons. The molecule has 0 aliphatic carbocycles. The van der Waals surface area contributed by atoms with Crippen molar-refractivity contribution >= 4 is 17.4 Å². The molecule has 3 nitrogen and oxygen atoms in total. The van der Waals surface area contributed by atoms with Crippen molar-refractivity contribution in [1.29, 1.82) is 5.26 Å². The standard InChI is InChI=1S/C23H17NO2/c24-16-21(19-7-3-1-4-8-19)15-18-11-13-22(14-12-18)26-17-23(25)20-9-5-2-6-10-20/h1-15H,17H2/b21-15-. The number of hydrogen-bond acceptors (Lipinski definition) is 3. The van der Waals surface area contributed by atoms with Gasteiger partial charge in [0.2, 0.25) is 0 Å². The Labute approximate surface area is 152 Å². The molecule has 3 aromatic carbocycles. The Morgan fingerprint density at radius 1 is 0.846 bits per heavy atom. The number of rotatable bonds is 6. The van der Waals surface area contributed by atoms with E-state index >= 15 is 0 Å². The van der Waals surface area contributed by atoms with Gasteiger partial charge in [-0.2, -0.15) is 5.26 Å². The minimum atomic E-state index is -0.0644. The van der Waals surface area contributed by atoms with Crippen LogP contribution in [0.25, 0.3) is 11.6 Å². The molecule has 0 fully saturated rings. The van der Waals surface area contributed by atoms with E-state index in [-0.39, 0.29) is 12.4 Å². The predicted octanol–water partition coefficient (Wildman–Crippen LogP) is 5.01. The summed E-state index contributed by atoms with van der Waals surface area (Å²) in [5.41, 5.74) is 3.00. The first-order chi connectivity index (χ1) is 12.8. The summed E-state index contributed by atoms with van der Waals surface area (Å²) in [6.07, 6.45) is 1.83. The van der Waals surface area contributed by atoms with Crippen LogP contribution < -0.4 is 4.74 Å². The third-order valence-corrected chi connectivity index (χ3v) is 3.86. The van der Waals surface area contributed by atoms with E-state index in [4.69, 9.17) is 4.74 Å². The van der Waals surface area contributed by atoms with Crippen LogP contribution in [0.2, 0.25) is 0 Å². The van der Waals surface area contributed by atoms with Gasteiger partial charge in [0.05, 0.1) is 11.6 Å². The van der Waals surface area contributed by atoms with Crippen LogP contribution in [0.4, 0.5) is 0 Å². The van der Waals surface area contributed by atoms with Gasteiger partial charge in [-0.05, 0) is 29.3 Å². The first-order valence-electron chi connectivity index (χ1n) is 8.24. The van der Waals surface area contributed by atoms with Crippen molar-refractivity contribution in [1.82, 2.24) is 0 Å². The second-order valence-electron chi connectivity index (χ2n) is 5.68. The number of ketones is 1. The van der Waals surface area contributed by atoms with Crippen LogP contribution in [-0.2, 0) is 0 Å². The Balaban J connectivity index is 1.66. The topological polar surface area (TPSA) is 50.1 Å². The highest BCUT2D eigenvalue weighted by atomic mass is 16.5. The van der Waals surface area contributed by atoms with E-state index in [2.05, 4.69) is 6.07 Å². The zero-order valence-electron chi connectivity index (χ0n) is 14.1. The number of nitriles is 1. The second-order valence-corrected chi connectivity index (χ2v) is 5.68. The van der Waals surface area contributed by atoms with E-state index in [9.17, 15) is 10.1 Å². The number of Topliss-reactive ketones (excluding diaryl/α,β-unsaturated/α-hetero) is 1. The summed E-state index contributed by atoms with van der Waals surface area (Å²) in [5.74, 6) is 0.551. The van der Waals surface area contributed by atoms with Gasteiger partial charge in [0.1, 0.15) is 5.75 Å². The van der Waals surface area contributed by atoms with E-state index < -0.39 is 0 Å². The lowest BCUT2D eigenvalue weighted by atomic mass is 10.0. The lowest BCUT2D eigenvalue weighted by molar-refractivity contribution is 0.0921. The molecule has 0 saturated carbocycles. The monoisotopic (exact) mass is 339 g/mol. The Bertz CT molecular complexity index is 937. The summed E-state index contributed by atoms with van der Waals surface area (Å²) in [6, 6.07) is 28.1. The van der Waals surface area contributed by atoms with Crippen LogP contribution in [-0.4, -0.2) is 12.4 Å². The van der Waals surface area contributed by atoms with Gasteiger partial charge in [-0.15, -0.1) is 0 Å². The molecule has 0 spiro atoms. The number of hydrogen-bond donors (Lipinski definition) is 0. The molecule has 0 bridgehead atoms. The minimum Gasteiger partial charge on any atom is -0.485 e. The summed E-state index contributed by atoms with van der Waals surface area (Å²) >= 11 is 0. The minimum absolute atomic E-state index is 0.00728. The SMILES string of the molecule is N#C/C(=C/c1ccc(OCC(=O)c2ccccc2)cc1)c1ccccc1.